The van der Waals surface area contributed by atoms with E-state index in [1.54, 1.807) is 37.6 Å². The van der Waals surface area contributed by atoms with Gasteiger partial charge in [-0.15, -0.1) is 0 Å². The van der Waals surface area contributed by atoms with Crippen LogP contribution in [0.3, 0.4) is 0 Å². The van der Waals surface area contributed by atoms with Gasteiger partial charge in [-0.3, -0.25) is 14.7 Å². The molecule has 3 amide bonds. The number of carbonyl (C=O) groups is 2. The van der Waals surface area contributed by atoms with Gasteiger partial charge in [-0.05, 0) is 55.7 Å². The van der Waals surface area contributed by atoms with Crippen LogP contribution in [0, 0.1) is 0 Å². The lowest BCUT2D eigenvalue weighted by atomic mass is 9.88. The molecule has 2 saturated heterocycles. The van der Waals surface area contributed by atoms with Crippen LogP contribution in [-0.4, -0.2) is 73.9 Å². The smallest absolute Gasteiger partial charge is 0.319 e. The minimum Gasteiger partial charge on any atom is -0.495 e. The third-order valence-corrected chi connectivity index (χ3v) is 6.70. The molecule has 2 unspecified atom stereocenters. The fourth-order valence-corrected chi connectivity index (χ4v) is 4.68. The van der Waals surface area contributed by atoms with Gasteiger partial charge in [0.2, 0.25) is 5.91 Å². The normalized spacial score (nSPS) is 21.2. The standard InChI is InChI=1S/C25H32ClN5O4/c1-34-20-6-7-22(27-14-20)21-15-31(16-24(32)28-19-9-12-35-13-10-19)11-8-23(21)30-25(33)29-18-4-2-17(26)3-5-18/h2-7,14,19,21,23H,8-13,15-16H2,1H3,(H,28,32)(H2,29,30,33). The zero-order valence-corrected chi connectivity index (χ0v) is 20.6. The van der Waals surface area contributed by atoms with E-state index in [-0.39, 0.29) is 29.9 Å². The second-order valence-electron chi connectivity index (χ2n) is 8.92. The van der Waals surface area contributed by atoms with Crippen LogP contribution in [0.25, 0.3) is 0 Å². The molecule has 4 rings (SSSR count). The van der Waals surface area contributed by atoms with E-state index < -0.39 is 0 Å². The number of halogens is 1. The van der Waals surface area contributed by atoms with E-state index in [0.29, 0.717) is 55.7 Å². The second-order valence-corrected chi connectivity index (χ2v) is 9.36. The van der Waals surface area contributed by atoms with Crippen LogP contribution in [0.5, 0.6) is 5.75 Å². The number of ether oxygens (including phenoxy) is 2. The van der Waals surface area contributed by atoms with Gasteiger partial charge < -0.3 is 25.4 Å². The van der Waals surface area contributed by atoms with Gasteiger partial charge in [0.1, 0.15) is 5.75 Å². The highest BCUT2D eigenvalue weighted by Gasteiger charge is 2.33. The van der Waals surface area contributed by atoms with Crippen molar-refractivity contribution in [2.45, 2.75) is 37.3 Å². The first kappa shape index (κ1) is 25.2. The maximum Gasteiger partial charge on any atom is 0.319 e. The van der Waals surface area contributed by atoms with E-state index in [1.165, 1.54) is 0 Å². The zero-order valence-electron chi connectivity index (χ0n) is 19.8. The lowest BCUT2D eigenvalue weighted by molar-refractivity contribution is -0.123. The summed E-state index contributed by atoms with van der Waals surface area (Å²) in [6, 6.07) is 10.5. The number of amides is 3. The number of hydrogen-bond acceptors (Lipinski definition) is 6. The van der Waals surface area contributed by atoms with Gasteiger partial charge in [0.25, 0.3) is 0 Å². The van der Waals surface area contributed by atoms with Crippen LogP contribution in [0.2, 0.25) is 5.02 Å². The first-order chi connectivity index (χ1) is 17.0. The Morgan fingerprint density at radius 1 is 1.11 bits per heavy atom. The van der Waals surface area contributed by atoms with Crippen molar-refractivity contribution < 1.29 is 19.1 Å². The first-order valence-electron chi connectivity index (χ1n) is 11.9. The molecule has 35 heavy (non-hydrogen) atoms. The van der Waals surface area contributed by atoms with E-state index in [9.17, 15) is 9.59 Å². The fourth-order valence-electron chi connectivity index (χ4n) is 4.55. The zero-order chi connectivity index (χ0) is 24.6. The Labute approximate surface area is 210 Å². The number of urea groups is 1. The first-order valence-corrected chi connectivity index (χ1v) is 12.3. The lowest BCUT2D eigenvalue weighted by Gasteiger charge is -2.38. The van der Waals surface area contributed by atoms with Gasteiger partial charge in [-0.25, -0.2) is 4.79 Å². The van der Waals surface area contributed by atoms with E-state index in [1.807, 2.05) is 12.1 Å². The average molecular weight is 502 g/mol. The molecule has 188 valence electrons. The van der Waals surface area contributed by atoms with E-state index in [2.05, 4.69) is 25.8 Å². The van der Waals surface area contributed by atoms with Crippen molar-refractivity contribution in [3.05, 3.63) is 53.3 Å². The summed E-state index contributed by atoms with van der Waals surface area (Å²) in [5.74, 6) is 0.606. The number of aromatic nitrogens is 1. The number of rotatable bonds is 7. The summed E-state index contributed by atoms with van der Waals surface area (Å²) in [7, 11) is 1.60. The van der Waals surface area contributed by atoms with Crippen LogP contribution in [0.4, 0.5) is 10.5 Å². The number of nitrogens with one attached hydrogen (secondary N) is 3. The lowest BCUT2D eigenvalue weighted by Crippen LogP contribution is -2.53. The third-order valence-electron chi connectivity index (χ3n) is 6.44. The maximum atomic E-state index is 12.7. The quantitative estimate of drug-likeness (QED) is 0.538. The molecule has 2 aliphatic heterocycles. The molecule has 2 aromatic rings. The number of anilines is 1. The van der Waals surface area contributed by atoms with Gasteiger partial charge in [0.15, 0.2) is 0 Å². The number of likely N-dealkylation sites (tertiary alicyclic amines) is 1. The van der Waals surface area contributed by atoms with Gasteiger partial charge >= 0.3 is 6.03 Å². The van der Waals surface area contributed by atoms with Crippen LogP contribution < -0.4 is 20.7 Å². The number of nitrogens with zero attached hydrogens (tertiary/aromatic N) is 2. The van der Waals surface area contributed by atoms with Crippen LogP contribution in [0.1, 0.15) is 30.9 Å². The molecular weight excluding hydrogens is 470 g/mol. The van der Waals surface area contributed by atoms with Crippen molar-refractivity contribution in [2.75, 3.05) is 45.3 Å². The summed E-state index contributed by atoms with van der Waals surface area (Å²) in [6.45, 7) is 2.98. The second kappa shape index (κ2) is 12.2. The van der Waals surface area contributed by atoms with Crippen molar-refractivity contribution in [3.63, 3.8) is 0 Å². The van der Waals surface area contributed by atoms with Crippen LogP contribution in [0.15, 0.2) is 42.6 Å². The summed E-state index contributed by atoms with van der Waals surface area (Å²) in [5, 5.41) is 9.70. The molecule has 3 N–H and O–H groups in total. The summed E-state index contributed by atoms with van der Waals surface area (Å²) in [4.78, 5) is 32.1. The van der Waals surface area contributed by atoms with E-state index in [0.717, 1.165) is 18.5 Å². The number of benzene rings is 1. The molecule has 0 saturated carbocycles. The summed E-state index contributed by atoms with van der Waals surface area (Å²) < 4.78 is 10.6. The monoisotopic (exact) mass is 501 g/mol. The maximum absolute atomic E-state index is 12.7. The molecule has 2 atom stereocenters. The number of hydrogen-bond donors (Lipinski definition) is 3. The SMILES string of the molecule is COc1ccc(C2CN(CC(=O)NC3CCOCC3)CCC2NC(=O)Nc2ccc(Cl)cc2)nc1. The minimum absolute atomic E-state index is 0.0187. The van der Waals surface area contributed by atoms with Crippen LogP contribution >= 0.6 is 11.6 Å². The molecule has 3 heterocycles. The highest BCUT2D eigenvalue weighted by Crippen LogP contribution is 2.27. The summed E-state index contributed by atoms with van der Waals surface area (Å²) >= 11 is 5.93. The third kappa shape index (κ3) is 7.30. The van der Waals surface area contributed by atoms with Crippen molar-refractivity contribution in [1.82, 2.24) is 20.5 Å². The molecular formula is C25H32ClN5O4. The van der Waals surface area contributed by atoms with Crippen LogP contribution in [-0.2, 0) is 9.53 Å². The molecule has 10 heteroatoms. The Kier molecular flexibility index (Phi) is 8.79. The predicted molar refractivity (Wildman–Crippen MR) is 134 cm³/mol. The van der Waals surface area contributed by atoms with Gasteiger partial charge in [-0.1, -0.05) is 11.6 Å². The number of methoxy groups -OCH3 is 1. The Morgan fingerprint density at radius 2 is 1.89 bits per heavy atom. The Bertz CT molecular complexity index is 982. The Morgan fingerprint density at radius 3 is 2.57 bits per heavy atom. The molecule has 1 aromatic heterocycles. The molecule has 2 aliphatic rings. The largest absolute Gasteiger partial charge is 0.495 e. The van der Waals surface area contributed by atoms with Crippen molar-refractivity contribution in [3.8, 4) is 5.75 Å². The highest BCUT2D eigenvalue weighted by atomic mass is 35.5. The molecule has 1 aromatic carbocycles. The minimum atomic E-state index is -0.290. The van der Waals surface area contributed by atoms with E-state index in [4.69, 9.17) is 21.1 Å². The number of carbonyl (C=O) groups excluding carboxylic acids is 2. The van der Waals surface area contributed by atoms with Crippen molar-refractivity contribution >= 4 is 29.2 Å². The topological polar surface area (TPSA) is 105 Å². The van der Waals surface area contributed by atoms with Crippen molar-refractivity contribution in [1.29, 1.82) is 0 Å². The molecule has 0 bridgehead atoms. The van der Waals surface area contributed by atoms with Crippen molar-refractivity contribution in [2.24, 2.45) is 0 Å². The highest BCUT2D eigenvalue weighted by molar-refractivity contribution is 6.30. The molecule has 0 aliphatic carbocycles. The molecule has 0 radical (unpaired) electrons. The Hall–Kier alpha value is -2.88. The summed E-state index contributed by atoms with van der Waals surface area (Å²) in [5.41, 5.74) is 1.50. The van der Waals surface area contributed by atoms with Gasteiger partial charge in [0, 0.05) is 60.7 Å². The fraction of sp³-hybridized carbons (Fsp3) is 0.480. The molecule has 9 nitrogen and oxygen atoms in total. The average Bonchev–Trinajstić information content (AvgIpc) is 2.87. The van der Waals surface area contributed by atoms with Gasteiger partial charge in [0.05, 0.1) is 19.9 Å². The number of piperidine rings is 1. The van der Waals surface area contributed by atoms with E-state index >= 15 is 0 Å². The molecule has 0 spiro atoms. The molecule has 2 fully saturated rings. The predicted octanol–water partition coefficient (Wildman–Crippen LogP) is 3.02. The van der Waals surface area contributed by atoms with Gasteiger partial charge in [-0.2, -0.15) is 0 Å². The Balaban J connectivity index is 1.40. The summed E-state index contributed by atoms with van der Waals surface area (Å²) in [6.07, 6.45) is 4.06. The number of pyridine rings is 1.